The van der Waals surface area contributed by atoms with E-state index in [1.165, 1.54) is 0 Å². The van der Waals surface area contributed by atoms with E-state index in [1.54, 1.807) is 6.20 Å². The largest absolute Gasteiger partial charge is 0.354 e. The Morgan fingerprint density at radius 2 is 1.75 bits per heavy atom. The van der Waals surface area contributed by atoms with Gasteiger partial charge in [0.05, 0.1) is 0 Å². The summed E-state index contributed by atoms with van der Waals surface area (Å²) < 4.78 is 26.3. The van der Waals surface area contributed by atoms with E-state index in [9.17, 15) is 13.6 Å². The predicted octanol–water partition coefficient (Wildman–Crippen LogP) is 2.75. The van der Waals surface area contributed by atoms with Crippen LogP contribution < -0.4 is 4.90 Å². The molecule has 0 saturated carbocycles. The number of hydrogen-bond acceptors (Lipinski definition) is 4. The number of nitrogens with zero attached hydrogens (tertiary/aromatic N) is 3. The summed E-state index contributed by atoms with van der Waals surface area (Å²) in [4.78, 5) is 20.8. The fraction of sp³-hybridized carbons (Fsp3) is 0.333. The Kier molecular flexibility index (Phi) is 5.15. The first-order valence-electron chi connectivity index (χ1n) is 7.99. The summed E-state index contributed by atoms with van der Waals surface area (Å²) in [6.45, 7) is 3.95. The van der Waals surface area contributed by atoms with E-state index in [2.05, 4.69) is 14.8 Å². The number of piperazine rings is 1. The van der Waals surface area contributed by atoms with Gasteiger partial charge in [0.15, 0.2) is 5.78 Å². The highest BCUT2D eigenvalue weighted by Gasteiger charge is 2.19. The molecule has 1 aromatic heterocycles. The second-order valence-electron chi connectivity index (χ2n) is 5.85. The Labute approximate surface area is 139 Å². The monoisotopic (exact) mass is 331 g/mol. The van der Waals surface area contributed by atoms with Gasteiger partial charge in [0.25, 0.3) is 0 Å². The van der Waals surface area contributed by atoms with Crippen LogP contribution in [0, 0.1) is 11.6 Å². The van der Waals surface area contributed by atoms with Gasteiger partial charge in [0.2, 0.25) is 0 Å². The Hall–Kier alpha value is -2.34. The minimum atomic E-state index is -0.720. The number of ketones is 1. The molecule has 0 unspecified atom stereocenters. The molecule has 0 spiro atoms. The number of aromatic nitrogens is 1. The van der Waals surface area contributed by atoms with E-state index in [-0.39, 0.29) is 17.8 Å². The number of hydrogen-bond donors (Lipinski definition) is 0. The highest BCUT2D eigenvalue weighted by atomic mass is 19.1. The van der Waals surface area contributed by atoms with Gasteiger partial charge in [-0.05, 0) is 24.3 Å². The van der Waals surface area contributed by atoms with E-state index in [4.69, 9.17) is 0 Å². The average molecular weight is 331 g/mol. The zero-order valence-electron chi connectivity index (χ0n) is 13.3. The Bertz CT molecular complexity index is 680. The van der Waals surface area contributed by atoms with Crippen LogP contribution in [-0.4, -0.2) is 48.4 Å². The number of anilines is 1. The van der Waals surface area contributed by atoms with Crippen LogP contribution >= 0.6 is 0 Å². The molecule has 3 rings (SSSR count). The third-order valence-corrected chi connectivity index (χ3v) is 4.19. The van der Waals surface area contributed by atoms with Crippen molar-refractivity contribution in [3.05, 3.63) is 59.8 Å². The van der Waals surface area contributed by atoms with Gasteiger partial charge in [-0.2, -0.15) is 0 Å². The zero-order chi connectivity index (χ0) is 16.9. The Morgan fingerprint density at radius 1 is 1.04 bits per heavy atom. The van der Waals surface area contributed by atoms with Gasteiger partial charge in [-0.25, -0.2) is 13.8 Å². The number of rotatable bonds is 5. The van der Waals surface area contributed by atoms with E-state index in [0.29, 0.717) is 6.54 Å². The molecule has 2 aromatic rings. The van der Waals surface area contributed by atoms with Crippen LogP contribution in [0.2, 0.25) is 0 Å². The molecule has 1 fully saturated rings. The summed E-state index contributed by atoms with van der Waals surface area (Å²) in [6, 6.07) is 8.78. The standard InChI is InChI=1S/C18H19F2N3O/c19-15-11-14(12-16(20)13-15)17(24)4-6-22-7-9-23(10-8-22)18-3-1-2-5-21-18/h1-3,5,11-13H,4,6-10H2. The predicted molar refractivity (Wildman–Crippen MR) is 88.2 cm³/mol. The van der Waals surface area contributed by atoms with Crippen molar-refractivity contribution >= 4 is 11.6 Å². The second-order valence-corrected chi connectivity index (χ2v) is 5.85. The topological polar surface area (TPSA) is 36.4 Å². The van der Waals surface area contributed by atoms with Crippen LogP contribution in [0.25, 0.3) is 0 Å². The van der Waals surface area contributed by atoms with Crippen LogP contribution in [0.1, 0.15) is 16.8 Å². The lowest BCUT2D eigenvalue weighted by molar-refractivity contribution is 0.0961. The fourth-order valence-electron chi connectivity index (χ4n) is 2.86. The van der Waals surface area contributed by atoms with E-state index < -0.39 is 11.6 Å². The maximum Gasteiger partial charge on any atom is 0.164 e. The fourth-order valence-corrected chi connectivity index (χ4v) is 2.86. The first kappa shape index (κ1) is 16.5. The number of carbonyl (C=O) groups is 1. The molecule has 0 N–H and O–H groups in total. The van der Waals surface area contributed by atoms with Crippen molar-refractivity contribution in [2.24, 2.45) is 0 Å². The van der Waals surface area contributed by atoms with Gasteiger partial charge in [0, 0.05) is 57.0 Å². The summed E-state index contributed by atoms with van der Waals surface area (Å²) in [5.41, 5.74) is 0.0969. The number of carbonyl (C=O) groups excluding carboxylic acids is 1. The van der Waals surface area contributed by atoms with Crippen molar-refractivity contribution in [1.29, 1.82) is 0 Å². The lowest BCUT2D eigenvalue weighted by Crippen LogP contribution is -2.47. The number of pyridine rings is 1. The molecule has 24 heavy (non-hydrogen) atoms. The molecule has 0 atom stereocenters. The number of halogens is 2. The smallest absolute Gasteiger partial charge is 0.164 e. The number of Topliss-reactive ketones (excluding diaryl/α,β-unsaturated/α-hetero) is 1. The van der Waals surface area contributed by atoms with E-state index in [1.807, 2.05) is 18.2 Å². The van der Waals surface area contributed by atoms with Crippen molar-refractivity contribution in [1.82, 2.24) is 9.88 Å². The van der Waals surface area contributed by atoms with Gasteiger partial charge in [-0.15, -0.1) is 0 Å². The van der Waals surface area contributed by atoms with Gasteiger partial charge < -0.3 is 4.90 Å². The molecule has 1 aromatic carbocycles. The maximum absolute atomic E-state index is 13.2. The van der Waals surface area contributed by atoms with Crippen LogP contribution in [0.5, 0.6) is 0 Å². The highest BCUT2D eigenvalue weighted by Crippen LogP contribution is 2.14. The minimum Gasteiger partial charge on any atom is -0.354 e. The molecule has 1 aliphatic rings. The molecule has 6 heteroatoms. The average Bonchev–Trinajstić information content (AvgIpc) is 2.60. The summed E-state index contributed by atoms with van der Waals surface area (Å²) in [7, 11) is 0. The first-order valence-corrected chi connectivity index (χ1v) is 7.99. The lowest BCUT2D eigenvalue weighted by Gasteiger charge is -2.35. The minimum absolute atomic E-state index is 0.0969. The summed E-state index contributed by atoms with van der Waals surface area (Å²) in [5, 5.41) is 0. The van der Waals surface area contributed by atoms with Crippen molar-refractivity contribution in [3.8, 4) is 0 Å². The van der Waals surface area contributed by atoms with Gasteiger partial charge in [0.1, 0.15) is 17.5 Å². The summed E-state index contributed by atoms with van der Waals surface area (Å²) >= 11 is 0. The third-order valence-electron chi connectivity index (χ3n) is 4.19. The molecule has 0 radical (unpaired) electrons. The maximum atomic E-state index is 13.2. The molecule has 0 bridgehead atoms. The molecule has 126 valence electrons. The molecular formula is C18H19F2N3O. The van der Waals surface area contributed by atoms with Crippen molar-refractivity contribution in [2.75, 3.05) is 37.6 Å². The van der Waals surface area contributed by atoms with E-state index in [0.717, 1.165) is 50.2 Å². The van der Waals surface area contributed by atoms with Crippen molar-refractivity contribution in [3.63, 3.8) is 0 Å². The molecule has 0 aliphatic carbocycles. The Morgan fingerprint density at radius 3 is 2.38 bits per heavy atom. The molecule has 1 saturated heterocycles. The van der Waals surface area contributed by atoms with Crippen molar-refractivity contribution < 1.29 is 13.6 Å². The SMILES string of the molecule is O=C(CCN1CCN(c2ccccn2)CC1)c1cc(F)cc(F)c1. The van der Waals surface area contributed by atoms with Crippen LogP contribution in [0.15, 0.2) is 42.6 Å². The van der Waals surface area contributed by atoms with Crippen molar-refractivity contribution in [2.45, 2.75) is 6.42 Å². The molecule has 0 amide bonds. The van der Waals surface area contributed by atoms with Gasteiger partial charge in [-0.3, -0.25) is 9.69 Å². The van der Waals surface area contributed by atoms with Crippen LogP contribution in [0.3, 0.4) is 0 Å². The molecular weight excluding hydrogens is 312 g/mol. The highest BCUT2D eigenvalue weighted by molar-refractivity contribution is 5.96. The quantitative estimate of drug-likeness (QED) is 0.790. The van der Waals surface area contributed by atoms with Gasteiger partial charge in [-0.1, -0.05) is 6.07 Å². The first-order chi connectivity index (χ1) is 11.6. The summed E-state index contributed by atoms with van der Waals surface area (Å²) in [6.07, 6.45) is 2.03. The molecule has 1 aliphatic heterocycles. The lowest BCUT2D eigenvalue weighted by atomic mass is 10.1. The molecule has 4 nitrogen and oxygen atoms in total. The zero-order valence-corrected chi connectivity index (χ0v) is 13.3. The molecule has 2 heterocycles. The third kappa shape index (κ3) is 4.14. The second kappa shape index (κ2) is 7.49. The van der Waals surface area contributed by atoms with Gasteiger partial charge >= 0.3 is 0 Å². The number of benzene rings is 1. The summed E-state index contributed by atoms with van der Waals surface area (Å²) in [5.74, 6) is -0.714. The Balaban J connectivity index is 1.49. The van der Waals surface area contributed by atoms with E-state index >= 15 is 0 Å². The van der Waals surface area contributed by atoms with Crippen LogP contribution in [0.4, 0.5) is 14.6 Å². The van der Waals surface area contributed by atoms with Crippen LogP contribution in [-0.2, 0) is 0 Å². The normalized spacial score (nSPS) is 15.5.